The zero-order valence-corrected chi connectivity index (χ0v) is 26.6. The zero-order valence-electron chi connectivity index (χ0n) is 26.6. The Morgan fingerprint density at radius 3 is 2.57 bits per heavy atom. The van der Waals surface area contributed by atoms with Gasteiger partial charge < -0.3 is 19.1 Å². The van der Waals surface area contributed by atoms with Gasteiger partial charge in [-0.3, -0.25) is 19.3 Å². The van der Waals surface area contributed by atoms with E-state index in [0.717, 1.165) is 23.3 Å². The fraction of sp³-hybridized carbons (Fsp3) is 0.514. The van der Waals surface area contributed by atoms with Crippen LogP contribution in [-0.4, -0.2) is 71.6 Å². The molecule has 1 amide bonds. The van der Waals surface area contributed by atoms with Crippen molar-refractivity contribution in [3.05, 3.63) is 64.7 Å². The minimum absolute atomic E-state index is 0.0658. The highest BCUT2D eigenvalue weighted by atomic mass is 19.4. The average molecular weight is 641 g/mol. The number of alkyl halides is 3. The third-order valence-corrected chi connectivity index (χ3v) is 10.1. The van der Waals surface area contributed by atoms with Crippen molar-refractivity contribution in [3.63, 3.8) is 0 Å². The van der Waals surface area contributed by atoms with Crippen LogP contribution < -0.4 is 9.47 Å². The van der Waals surface area contributed by atoms with Crippen LogP contribution in [0.3, 0.4) is 0 Å². The fourth-order valence-corrected chi connectivity index (χ4v) is 8.57. The van der Waals surface area contributed by atoms with Crippen LogP contribution in [0.4, 0.5) is 13.2 Å². The van der Waals surface area contributed by atoms with Crippen molar-refractivity contribution in [1.82, 2.24) is 9.80 Å². The number of hydrogen-bond donors (Lipinski definition) is 0. The van der Waals surface area contributed by atoms with Gasteiger partial charge in [0.15, 0.2) is 11.5 Å². The van der Waals surface area contributed by atoms with E-state index in [9.17, 15) is 27.6 Å². The lowest BCUT2D eigenvalue weighted by atomic mass is 9.48. The third kappa shape index (κ3) is 5.07. The second-order valence-electron chi connectivity index (χ2n) is 13.4. The van der Waals surface area contributed by atoms with Crippen molar-refractivity contribution < 1.29 is 41.8 Å². The molecule has 246 valence electrons. The van der Waals surface area contributed by atoms with Crippen molar-refractivity contribution in [2.75, 3.05) is 20.1 Å². The molecule has 2 aromatic rings. The van der Waals surface area contributed by atoms with Gasteiger partial charge in [-0.05, 0) is 80.6 Å². The summed E-state index contributed by atoms with van der Waals surface area (Å²) in [5.41, 5.74) is -0.393. The van der Waals surface area contributed by atoms with Gasteiger partial charge in [0.1, 0.15) is 11.7 Å². The summed E-state index contributed by atoms with van der Waals surface area (Å²) in [5.74, 6) is -0.453. The maximum atomic E-state index is 14.0. The lowest BCUT2D eigenvalue weighted by molar-refractivity contribution is -0.221. The number of ether oxygens (including phenoxy) is 3. The Bertz CT molecular complexity index is 1610. The van der Waals surface area contributed by atoms with Gasteiger partial charge in [0, 0.05) is 32.0 Å². The minimum atomic E-state index is -4.50. The maximum Gasteiger partial charge on any atom is 0.416 e. The van der Waals surface area contributed by atoms with E-state index < -0.39 is 46.8 Å². The summed E-state index contributed by atoms with van der Waals surface area (Å²) >= 11 is 0. The van der Waals surface area contributed by atoms with Crippen LogP contribution in [0.2, 0.25) is 0 Å². The van der Waals surface area contributed by atoms with Gasteiger partial charge in [-0.2, -0.15) is 13.2 Å². The van der Waals surface area contributed by atoms with Gasteiger partial charge in [0.25, 0.3) is 0 Å². The Morgan fingerprint density at radius 1 is 1.13 bits per heavy atom. The molecule has 4 aliphatic rings. The number of carbonyl (C=O) groups excluding carboxylic acids is 3. The number of benzene rings is 2. The van der Waals surface area contributed by atoms with E-state index in [-0.39, 0.29) is 29.2 Å². The number of rotatable bonds is 7. The number of halogens is 3. The van der Waals surface area contributed by atoms with Crippen LogP contribution >= 0.6 is 0 Å². The molecule has 1 saturated carbocycles. The molecule has 0 radical (unpaired) electrons. The summed E-state index contributed by atoms with van der Waals surface area (Å²) in [7, 11) is 2.03. The maximum absolute atomic E-state index is 14.0. The first-order valence-electron chi connectivity index (χ1n) is 15.7. The number of nitrogens with zero attached hydrogens (tertiary/aromatic N) is 2. The number of likely N-dealkylation sites (tertiary alicyclic amines) is 1. The number of esters is 2. The van der Waals surface area contributed by atoms with Crippen molar-refractivity contribution in [2.24, 2.45) is 5.92 Å². The standard InChI is InChI=1S/C35H39F3N2O6/c1-20(2)19-40(29(43)12-9-23-7-6-8-25(17-23)35(36,37)38)26-13-14-34(46-22(4)42)28-18-24-10-11-27(44-21(3)41)31-30(24)33(34,32(26)45-31)15-16-39(28)5/h6-12,17,20,26,28,32H,13-16,18-19H2,1-5H3/t26-,28-,32+,33+,34-/m1/s1. The number of hydrogen-bond acceptors (Lipinski definition) is 7. The van der Waals surface area contributed by atoms with Gasteiger partial charge in [-0.25, -0.2) is 0 Å². The molecule has 2 aliphatic heterocycles. The molecule has 2 bridgehead atoms. The Kier molecular flexibility index (Phi) is 7.98. The average Bonchev–Trinajstić information content (AvgIpc) is 3.33. The molecule has 2 fully saturated rings. The van der Waals surface area contributed by atoms with E-state index in [1.807, 2.05) is 27.0 Å². The number of piperidine rings is 1. The van der Waals surface area contributed by atoms with Crippen molar-refractivity contribution in [1.29, 1.82) is 0 Å². The monoisotopic (exact) mass is 640 g/mol. The number of amides is 1. The zero-order chi connectivity index (χ0) is 33.2. The van der Waals surface area contributed by atoms with E-state index in [1.165, 1.54) is 38.1 Å². The lowest BCUT2D eigenvalue weighted by Gasteiger charge is -2.65. The van der Waals surface area contributed by atoms with E-state index in [2.05, 4.69) is 4.90 Å². The minimum Gasteiger partial charge on any atom is -0.483 e. The van der Waals surface area contributed by atoms with Crippen LogP contribution in [0.15, 0.2) is 42.5 Å². The Morgan fingerprint density at radius 2 is 1.89 bits per heavy atom. The highest BCUT2D eigenvalue weighted by Crippen LogP contribution is 2.67. The lowest BCUT2D eigenvalue weighted by Crippen LogP contribution is -2.79. The van der Waals surface area contributed by atoms with Crippen molar-refractivity contribution in [3.8, 4) is 11.5 Å². The predicted molar refractivity (Wildman–Crippen MR) is 163 cm³/mol. The van der Waals surface area contributed by atoms with E-state index >= 15 is 0 Å². The summed E-state index contributed by atoms with van der Waals surface area (Å²) in [4.78, 5) is 43.0. The predicted octanol–water partition coefficient (Wildman–Crippen LogP) is 5.55. The summed E-state index contributed by atoms with van der Waals surface area (Å²) in [6.07, 6.45) is -0.272. The van der Waals surface area contributed by atoms with Gasteiger partial charge >= 0.3 is 18.1 Å². The first-order chi connectivity index (χ1) is 21.7. The molecule has 6 rings (SSSR count). The van der Waals surface area contributed by atoms with Crippen molar-refractivity contribution in [2.45, 2.75) is 88.8 Å². The highest BCUT2D eigenvalue weighted by Gasteiger charge is 2.75. The molecule has 5 atom stereocenters. The quantitative estimate of drug-likeness (QED) is 0.223. The van der Waals surface area contributed by atoms with E-state index in [4.69, 9.17) is 14.2 Å². The molecular formula is C35H39F3N2O6. The van der Waals surface area contributed by atoms with Gasteiger partial charge in [-0.1, -0.05) is 32.0 Å². The largest absolute Gasteiger partial charge is 0.483 e. The topological polar surface area (TPSA) is 85.4 Å². The number of carbonyl (C=O) groups is 3. The fourth-order valence-electron chi connectivity index (χ4n) is 8.57. The molecule has 2 aromatic carbocycles. The SMILES string of the molecule is CC(=O)Oc1ccc2c3c1O[C@H]1[C@H](N(CC(C)C)C(=O)C=Cc4cccc(C(F)(F)F)c4)CC[C@@]4(OC(C)=O)[C@@H](C2)N(C)CC[C@]314. The van der Waals surface area contributed by atoms with E-state index in [1.54, 1.807) is 11.0 Å². The molecule has 11 heteroatoms. The van der Waals surface area contributed by atoms with Crippen LogP contribution in [0.1, 0.15) is 69.2 Å². The molecular weight excluding hydrogens is 601 g/mol. The Balaban J connectivity index is 1.45. The molecule has 2 aliphatic carbocycles. The molecule has 0 aromatic heterocycles. The summed E-state index contributed by atoms with van der Waals surface area (Å²) in [5, 5.41) is 0. The Hall–Kier alpha value is -3.86. The smallest absolute Gasteiger partial charge is 0.416 e. The highest BCUT2D eigenvalue weighted by molar-refractivity contribution is 5.92. The molecule has 8 nitrogen and oxygen atoms in total. The molecule has 2 heterocycles. The van der Waals surface area contributed by atoms with Crippen LogP contribution in [0.5, 0.6) is 11.5 Å². The van der Waals surface area contributed by atoms with Crippen LogP contribution in [0, 0.1) is 5.92 Å². The Labute approximate surface area is 266 Å². The summed E-state index contributed by atoms with van der Waals surface area (Å²) < 4.78 is 58.9. The summed E-state index contributed by atoms with van der Waals surface area (Å²) in [6.45, 7) is 7.80. The molecule has 1 spiro atoms. The van der Waals surface area contributed by atoms with Gasteiger partial charge in [0.2, 0.25) is 5.91 Å². The summed E-state index contributed by atoms with van der Waals surface area (Å²) in [6, 6.07) is 7.94. The first kappa shape index (κ1) is 32.1. The van der Waals surface area contributed by atoms with Crippen molar-refractivity contribution >= 4 is 23.9 Å². The normalized spacial score (nSPS) is 28.1. The second kappa shape index (κ2) is 11.4. The molecule has 46 heavy (non-hydrogen) atoms. The molecule has 0 N–H and O–H groups in total. The van der Waals surface area contributed by atoms with Gasteiger partial charge in [-0.15, -0.1) is 0 Å². The third-order valence-electron chi connectivity index (χ3n) is 10.1. The van der Waals surface area contributed by atoms with Crippen LogP contribution in [0.25, 0.3) is 6.08 Å². The second-order valence-corrected chi connectivity index (χ2v) is 13.4. The molecule has 1 saturated heterocycles. The number of likely N-dealkylation sites (N-methyl/N-ethyl adjacent to an activating group) is 1. The van der Waals surface area contributed by atoms with Crippen LogP contribution in [-0.2, 0) is 37.1 Å². The van der Waals surface area contributed by atoms with Gasteiger partial charge in [0.05, 0.1) is 23.1 Å². The molecule has 0 unspecified atom stereocenters. The first-order valence-corrected chi connectivity index (χ1v) is 15.7. The van der Waals surface area contributed by atoms with E-state index in [0.29, 0.717) is 44.5 Å².